The highest BCUT2D eigenvalue weighted by molar-refractivity contribution is 5.96. The number of rotatable bonds is 1. The Morgan fingerprint density at radius 2 is 2.12 bits per heavy atom. The Morgan fingerprint density at radius 3 is 2.88 bits per heavy atom. The van der Waals surface area contributed by atoms with E-state index in [0.717, 1.165) is 16.8 Å². The zero-order valence-electron chi connectivity index (χ0n) is 14.7. The molecule has 0 saturated carbocycles. The standard InChI is InChI=1S/C20H21N3O3/c1-12-5-3-8-16(23-20(25)26)14-6-4-7-15(11-14)18-17(22-19(12)24)10-9-13(2)21-18/h3-7,9-12,16,23H,8H2,1-2H3,(H,22,24)(H,25,26)/b5-3+/t12-,16+/m1/s1. The topological polar surface area (TPSA) is 91.3 Å². The van der Waals surface area contributed by atoms with Crippen LogP contribution in [0.25, 0.3) is 11.3 Å². The molecule has 1 aromatic carbocycles. The van der Waals surface area contributed by atoms with Gasteiger partial charge in [-0.1, -0.05) is 37.3 Å². The molecule has 26 heavy (non-hydrogen) atoms. The van der Waals surface area contributed by atoms with Crippen molar-refractivity contribution in [2.45, 2.75) is 26.3 Å². The van der Waals surface area contributed by atoms with Crippen LogP contribution in [-0.4, -0.2) is 22.1 Å². The maximum atomic E-state index is 12.5. The number of anilines is 1. The van der Waals surface area contributed by atoms with Crippen molar-refractivity contribution in [3.63, 3.8) is 0 Å². The molecule has 2 atom stereocenters. The SMILES string of the molecule is Cc1ccc2c(n1)-c1cccc(c1)[C@@H](NC(=O)O)C/C=C/[C@@H](C)C(=O)N2. The van der Waals surface area contributed by atoms with Gasteiger partial charge in [0.15, 0.2) is 0 Å². The molecule has 134 valence electrons. The van der Waals surface area contributed by atoms with Crippen molar-refractivity contribution >= 4 is 17.7 Å². The number of pyridine rings is 1. The third-order valence-electron chi connectivity index (χ3n) is 4.36. The number of aromatic nitrogens is 1. The van der Waals surface area contributed by atoms with Crippen LogP contribution in [0.5, 0.6) is 0 Å². The van der Waals surface area contributed by atoms with Crippen LogP contribution in [0.4, 0.5) is 10.5 Å². The highest BCUT2D eigenvalue weighted by Crippen LogP contribution is 2.30. The zero-order chi connectivity index (χ0) is 18.7. The Morgan fingerprint density at radius 1 is 1.31 bits per heavy atom. The van der Waals surface area contributed by atoms with Crippen LogP contribution in [0.2, 0.25) is 0 Å². The summed E-state index contributed by atoms with van der Waals surface area (Å²) in [6, 6.07) is 10.9. The summed E-state index contributed by atoms with van der Waals surface area (Å²) in [6.45, 7) is 3.69. The third-order valence-corrected chi connectivity index (χ3v) is 4.36. The number of benzene rings is 1. The first kappa shape index (κ1) is 17.7. The molecular formula is C20H21N3O3. The molecule has 0 spiro atoms. The number of hydrogen-bond donors (Lipinski definition) is 3. The third kappa shape index (κ3) is 3.91. The Hall–Kier alpha value is -3.15. The number of nitrogens with one attached hydrogen (secondary N) is 2. The first-order chi connectivity index (χ1) is 12.4. The minimum absolute atomic E-state index is 0.132. The number of aryl methyl sites for hydroxylation is 1. The molecule has 3 N–H and O–H groups in total. The number of carbonyl (C=O) groups is 2. The minimum atomic E-state index is -1.08. The van der Waals surface area contributed by atoms with Crippen LogP contribution in [0.15, 0.2) is 48.6 Å². The van der Waals surface area contributed by atoms with Gasteiger partial charge in [-0.3, -0.25) is 9.78 Å². The number of nitrogens with zero attached hydrogens (tertiary/aromatic N) is 1. The Labute approximate surface area is 152 Å². The molecule has 0 radical (unpaired) electrons. The second-order valence-corrected chi connectivity index (χ2v) is 6.42. The van der Waals surface area contributed by atoms with Crippen molar-refractivity contribution < 1.29 is 14.7 Å². The van der Waals surface area contributed by atoms with Gasteiger partial charge in [0.05, 0.1) is 23.3 Å². The molecule has 0 aliphatic carbocycles. The largest absolute Gasteiger partial charge is 0.465 e. The second-order valence-electron chi connectivity index (χ2n) is 6.42. The molecule has 0 saturated heterocycles. The van der Waals surface area contributed by atoms with Crippen LogP contribution in [0, 0.1) is 12.8 Å². The fourth-order valence-corrected chi connectivity index (χ4v) is 2.96. The van der Waals surface area contributed by atoms with E-state index in [1.807, 2.05) is 49.4 Å². The summed E-state index contributed by atoms with van der Waals surface area (Å²) >= 11 is 0. The summed E-state index contributed by atoms with van der Waals surface area (Å²) in [5.41, 5.74) is 3.83. The van der Waals surface area contributed by atoms with Gasteiger partial charge in [0.1, 0.15) is 0 Å². The van der Waals surface area contributed by atoms with Gasteiger partial charge in [0, 0.05) is 11.3 Å². The smallest absolute Gasteiger partial charge is 0.405 e. The molecule has 3 rings (SSSR count). The van der Waals surface area contributed by atoms with Crippen molar-refractivity contribution in [3.8, 4) is 11.3 Å². The minimum Gasteiger partial charge on any atom is -0.465 e. The van der Waals surface area contributed by atoms with E-state index < -0.39 is 12.1 Å². The average Bonchev–Trinajstić information content (AvgIpc) is 2.61. The van der Waals surface area contributed by atoms with Crippen molar-refractivity contribution in [1.29, 1.82) is 0 Å². The maximum Gasteiger partial charge on any atom is 0.405 e. The lowest BCUT2D eigenvalue weighted by Gasteiger charge is -2.19. The van der Waals surface area contributed by atoms with E-state index in [-0.39, 0.29) is 11.8 Å². The molecule has 0 fully saturated rings. The number of carbonyl (C=O) groups excluding carboxylic acids is 1. The molecule has 0 unspecified atom stereocenters. The summed E-state index contributed by atoms with van der Waals surface area (Å²) < 4.78 is 0. The van der Waals surface area contributed by atoms with Gasteiger partial charge < -0.3 is 15.7 Å². The maximum absolute atomic E-state index is 12.5. The van der Waals surface area contributed by atoms with Crippen molar-refractivity contribution in [1.82, 2.24) is 10.3 Å². The Bertz CT molecular complexity index is 876. The van der Waals surface area contributed by atoms with Gasteiger partial charge in [0.25, 0.3) is 0 Å². The molecule has 2 amide bonds. The molecule has 2 aromatic rings. The number of amides is 2. The van der Waals surface area contributed by atoms with Crippen LogP contribution in [0.3, 0.4) is 0 Å². The number of hydrogen-bond acceptors (Lipinski definition) is 3. The van der Waals surface area contributed by atoms with E-state index in [1.165, 1.54) is 0 Å². The van der Waals surface area contributed by atoms with E-state index >= 15 is 0 Å². The predicted molar refractivity (Wildman–Crippen MR) is 99.9 cm³/mol. The number of fused-ring (bicyclic) bond motifs is 4. The summed E-state index contributed by atoms with van der Waals surface area (Å²) in [5.74, 6) is -0.472. The van der Waals surface area contributed by atoms with Crippen molar-refractivity contribution in [2.24, 2.45) is 5.92 Å². The molecule has 1 aliphatic rings. The summed E-state index contributed by atoms with van der Waals surface area (Å²) in [6.07, 6.45) is 3.01. The normalized spacial score (nSPS) is 20.8. The van der Waals surface area contributed by atoms with E-state index in [0.29, 0.717) is 17.8 Å². The predicted octanol–water partition coefficient (Wildman–Crippen LogP) is 3.90. The van der Waals surface area contributed by atoms with Gasteiger partial charge in [-0.05, 0) is 37.1 Å². The first-order valence-corrected chi connectivity index (χ1v) is 8.49. The second kappa shape index (κ2) is 7.39. The van der Waals surface area contributed by atoms with Crippen molar-refractivity contribution in [2.75, 3.05) is 5.32 Å². The van der Waals surface area contributed by atoms with E-state index in [4.69, 9.17) is 5.11 Å². The van der Waals surface area contributed by atoms with Gasteiger partial charge in [-0.15, -0.1) is 0 Å². The zero-order valence-corrected chi connectivity index (χ0v) is 14.7. The number of carboxylic acid groups (broad SMARTS) is 1. The molecule has 6 nitrogen and oxygen atoms in total. The lowest BCUT2D eigenvalue weighted by Crippen LogP contribution is -2.26. The summed E-state index contributed by atoms with van der Waals surface area (Å²) in [4.78, 5) is 28.2. The van der Waals surface area contributed by atoms with Gasteiger partial charge in [-0.2, -0.15) is 0 Å². The van der Waals surface area contributed by atoms with Crippen molar-refractivity contribution in [3.05, 3.63) is 59.8 Å². The lowest BCUT2D eigenvalue weighted by molar-refractivity contribution is -0.118. The molecular weight excluding hydrogens is 330 g/mol. The van der Waals surface area contributed by atoms with Crippen LogP contribution in [0.1, 0.15) is 30.6 Å². The quantitative estimate of drug-likeness (QED) is 0.680. The Kier molecular flexibility index (Phi) is 5.02. The van der Waals surface area contributed by atoms with E-state index in [9.17, 15) is 9.59 Å². The molecule has 2 heterocycles. The Balaban J connectivity index is 2.15. The fraction of sp³-hybridized carbons (Fsp3) is 0.250. The van der Waals surface area contributed by atoms with Crippen LogP contribution >= 0.6 is 0 Å². The highest BCUT2D eigenvalue weighted by Gasteiger charge is 2.18. The summed E-state index contributed by atoms with van der Waals surface area (Å²) in [7, 11) is 0. The van der Waals surface area contributed by atoms with E-state index in [2.05, 4.69) is 15.6 Å². The van der Waals surface area contributed by atoms with Crippen LogP contribution in [-0.2, 0) is 4.79 Å². The fourth-order valence-electron chi connectivity index (χ4n) is 2.96. The van der Waals surface area contributed by atoms with E-state index in [1.54, 1.807) is 13.0 Å². The molecule has 1 aromatic heterocycles. The average molecular weight is 351 g/mol. The van der Waals surface area contributed by atoms with Gasteiger partial charge >= 0.3 is 6.09 Å². The molecule has 6 heteroatoms. The van der Waals surface area contributed by atoms with Gasteiger partial charge in [0.2, 0.25) is 5.91 Å². The first-order valence-electron chi connectivity index (χ1n) is 8.49. The highest BCUT2D eigenvalue weighted by atomic mass is 16.4. The summed E-state index contributed by atoms with van der Waals surface area (Å²) in [5, 5.41) is 14.7. The van der Waals surface area contributed by atoms with Gasteiger partial charge in [-0.25, -0.2) is 4.79 Å². The molecule has 1 aliphatic heterocycles. The van der Waals surface area contributed by atoms with Crippen LogP contribution < -0.4 is 10.6 Å². The monoisotopic (exact) mass is 351 g/mol. The lowest BCUT2D eigenvalue weighted by atomic mass is 9.97. The molecule has 2 bridgehead atoms.